The minimum absolute atomic E-state index is 0.0587. The van der Waals surface area contributed by atoms with Crippen molar-refractivity contribution in [2.75, 3.05) is 6.61 Å². The Balaban J connectivity index is 1.35. The molecule has 5 atom stereocenters. The Bertz CT molecular complexity index is 979. The van der Waals surface area contributed by atoms with Gasteiger partial charge in [-0.25, -0.2) is 8.78 Å². The van der Waals surface area contributed by atoms with Crippen molar-refractivity contribution in [1.29, 1.82) is 0 Å². The van der Waals surface area contributed by atoms with Crippen LogP contribution in [0.1, 0.15) is 79.4 Å². The monoisotopic (exact) mass is 410 g/mol. The lowest BCUT2D eigenvalue weighted by Gasteiger charge is -2.22. The summed E-state index contributed by atoms with van der Waals surface area (Å²) in [7, 11) is 0. The van der Waals surface area contributed by atoms with Crippen LogP contribution in [-0.4, -0.2) is 11.7 Å². The molecule has 0 bridgehead atoms. The summed E-state index contributed by atoms with van der Waals surface area (Å²) in [6.07, 6.45) is 5.76. The van der Waals surface area contributed by atoms with Crippen LogP contribution in [0.3, 0.4) is 0 Å². The third kappa shape index (κ3) is 3.50. The summed E-state index contributed by atoms with van der Waals surface area (Å²) in [5.41, 5.74) is 4.12. The van der Waals surface area contributed by atoms with Crippen LogP contribution in [0.2, 0.25) is 0 Å². The van der Waals surface area contributed by atoms with Crippen LogP contribution in [0.25, 0.3) is 5.57 Å². The predicted octanol–water partition coefficient (Wildman–Crippen LogP) is 6.47. The highest BCUT2D eigenvalue weighted by atomic mass is 19.1. The molecule has 5 rings (SSSR count). The molecular weight excluding hydrogens is 382 g/mol. The van der Waals surface area contributed by atoms with Crippen LogP contribution in [0.15, 0.2) is 42.5 Å². The molecule has 4 heteroatoms. The largest absolute Gasteiger partial charge is 0.388 e. The average Bonchev–Trinajstić information content (AvgIpc) is 3.37. The molecule has 1 saturated heterocycles. The van der Waals surface area contributed by atoms with Gasteiger partial charge in [0.1, 0.15) is 17.7 Å². The van der Waals surface area contributed by atoms with E-state index < -0.39 is 6.10 Å². The maximum absolute atomic E-state index is 14.8. The minimum atomic E-state index is -0.743. The van der Waals surface area contributed by atoms with Crippen molar-refractivity contribution in [3.05, 3.63) is 76.4 Å². The highest BCUT2D eigenvalue weighted by Crippen LogP contribution is 2.55. The third-order valence-electron chi connectivity index (χ3n) is 7.21. The second-order valence-corrected chi connectivity index (χ2v) is 9.00. The van der Waals surface area contributed by atoms with E-state index in [9.17, 15) is 13.9 Å². The lowest BCUT2D eigenvalue weighted by Crippen LogP contribution is -2.11. The number of ether oxygens (including phenoxy) is 1. The van der Waals surface area contributed by atoms with E-state index in [-0.39, 0.29) is 23.7 Å². The fourth-order valence-corrected chi connectivity index (χ4v) is 5.60. The van der Waals surface area contributed by atoms with Crippen LogP contribution in [0.5, 0.6) is 0 Å². The quantitative estimate of drug-likeness (QED) is 0.554. The summed E-state index contributed by atoms with van der Waals surface area (Å²) in [6.45, 7) is 2.66. The Morgan fingerprint density at radius 3 is 2.47 bits per heavy atom. The lowest BCUT2D eigenvalue weighted by atomic mass is 9.83. The molecule has 0 aromatic heterocycles. The van der Waals surface area contributed by atoms with Crippen molar-refractivity contribution in [2.45, 2.75) is 57.2 Å². The molecule has 3 aliphatic rings. The number of aliphatic hydroxyl groups is 1. The molecule has 2 aliphatic carbocycles. The van der Waals surface area contributed by atoms with Crippen LogP contribution in [-0.2, 0) is 4.74 Å². The van der Waals surface area contributed by atoms with E-state index in [1.54, 1.807) is 18.2 Å². The topological polar surface area (TPSA) is 32.8 Å². The molecule has 5 unspecified atom stereocenters. The molecule has 0 spiro atoms. The summed E-state index contributed by atoms with van der Waals surface area (Å²) >= 11 is 0. The molecule has 1 N–H and O–H groups in total. The maximum atomic E-state index is 14.8. The minimum Gasteiger partial charge on any atom is -0.388 e. The first-order chi connectivity index (χ1) is 14.6. The fourth-order valence-electron chi connectivity index (χ4n) is 5.60. The van der Waals surface area contributed by atoms with Gasteiger partial charge in [-0.1, -0.05) is 43.7 Å². The first kappa shape index (κ1) is 19.9. The molecule has 2 aromatic rings. The van der Waals surface area contributed by atoms with Crippen molar-refractivity contribution in [3.8, 4) is 0 Å². The van der Waals surface area contributed by atoms with Gasteiger partial charge in [0.2, 0.25) is 0 Å². The van der Waals surface area contributed by atoms with Crippen molar-refractivity contribution in [2.24, 2.45) is 11.8 Å². The maximum Gasteiger partial charge on any atom is 0.131 e. The van der Waals surface area contributed by atoms with E-state index in [2.05, 4.69) is 6.08 Å². The zero-order chi connectivity index (χ0) is 20.8. The number of fused-ring (bicyclic) bond motifs is 1. The Labute approximate surface area is 176 Å². The summed E-state index contributed by atoms with van der Waals surface area (Å²) < 4.78 is 34.8. The number of rotatable bonds is 6. The third-order valence-corrected chi connectivity index (χ3v) is 7.21. The zero-order valence-electron chi connectivity index (χ0n) is 17.3. The van der Waals surface area contributed by atoms with Gasteiger partial charge in [0.05, 0.1) is 12.7 Å². The molecule has 0 radical (unpaired) electrons. The Morgan fingerprint density at radius 1 is 1.03 bits per heavy atom. The second kappa shape index (κ2) is 7.90. The van der Waals surface area contributed by atoms with Crippen LogP contribution >= 0.6 is 0 Å². The Kier molecular flexibility index (Phi) is 5.24. The Morgan fingerprint density at radius 2 is 1.77 bits per heavy atom. The molecule has 30 heavy (non-hydrogen) atoms. The van der Waals surface area contributed by atoms with E-state index in [1.807, 2.05) is 25.1 Å². The first-order valence-corrected chi connectivity index (χ1v) is 11.2. The molecular formula is C26H28F2O2. The van der Waals surface area contributed by atoms with Crippen molar-refractivity contribution >= 4 is 5.57 Å². The molecule has 158 valence electrons. The first-order valence-electron chi connectivity index (χ1n) is 11.2. The van der Waals surface area contributed by atoms with Crippen LogP contribution in [0, 0.1) is 23.5 Å². The Hall–Kier alpha value is -2.04. The normalized spacial score (nSPS) is 28.3. The van der Waals surface area contributed by atoms with Gasteiger partial charge in [0.25, 0.3) is 0 Å². The molecule has 2 aromatic carbocycles. The second-order valence-electron chi connectivity index (χ2n) is 9.00. The van der Waals surface area contributed by atoms with Gasteiger partial charge in [-0.05, 0) is 72.3 Å². The van der Waals surface area contributed by atoms with Gasteiger partial charge in [-0.15, -0.1) is 0 Å². The molecule has 2 fully saturated rings. The smallest absolute Gasteiger partial charge is 0.131 e. The van der Waals surface area contributed by atoms with E-state index in [0.29, 0.717) is 36.0 Å². The lowest BCUT2D eigenvalue weighted by molar-refractivity contribution is 0.162. The average molecular weight is 411 g/mol. The molecule has 1 aliphatic heterocycles. The SMILES string of the molecule is CCCC(O)c1ccc(C2CCC3C(c4ccc(C5CO5)cc4F)=CCC32)cc1F. The van der Waals surface area contributed by atoms with Gasteiger partial charge in [-0.2, -0.15) is 0 Å². The zero-order valence-corrected chi connectivity index (χ0v) is 17.3. The number of benzene rings is 2. The van der Waals surface area contributed by atoms with Crippen LogP contribution < -0.4 is 0 Å². The standard InChI is InChI=1S/C26H28F2O2/c1-2-3-25(29)22-7-4-15(12-24(22)28)17-8-9-19-18(17)10-11-20(19)21-6-5-16(13-23(21)27)26-14-30-26/h4-7,11-13,17-19,25-26,29H,2-3,8-10,14H2,1H3. The van der Waals surface area contributed by atoms with Gasteiger partial charge < -0.3 is 9.84 Å². The van der Waals surface area contributed by atoms with E-state index >= 15 is 0 Å². The highest BCUT2D eigenvalue weighted by molar-refractivity contribution is 5.71. The number of halogens is 2. The van der Waals surface area contributed by atoms with Crippen molar-refractivity contribution < 1.29 is 18.6 Å². The van der Waals surface area contributed by atoms with Gasteiger partial charge >= 0.3 is 0 Å². The van der Waals surface area contributed by atoms with Crippen molar-refractivity contribution in [1.82, 2.24) is 0 Å². The molecule has 1 heterocycles. The highest BCUT2D eigenvalue weighted by Gasteiger charge is 2.42. The van der Waals surface area contributed by atoms with E-state index in [0.717, 1.165) is 42.4 Å². The number of aliphatic hydroxyl groups excluding tert-OH is 1. The van der Waals surface area contributed by atoms with Gasteiger partial charge in [0.15, 0.2) is 0 Å². The molecule has 2 nitrogen and oxygen atoms in total. The number of hydrogen-bond donors (Lipinski definition) is 1. The van der Waals surface area contributed by atoms with Gasteiger partial charge in [-0.3, -0.25) is 0 Å². The number of hydrogen-bond acceptors (Lipinski definition) is 2. The van der Waals surface area contributed by atoms with E-state index in [4.69, 9.17) is 4.74 Å². The molecule has 0 amide bonds. The summed E-state index contributed by atoms with van der Waals surface area (Å²) in [6, 6.07) is 10.8. The predicted molar refractivity (Wildman–Crippen MR) is 113 cm³/mol. The number of allylic oxidation sites excluding steroid dienone is 2. The summed E-state index contributed by atoms with van der Waals surface area (Å²) in [5, 5.41) is 10.2. The van der Waals surface area contributed by atoms with Crippen molar-refractivity contribution in [3.63, 3.8) is 0 Å². The number of epoxide rings is 1. The summed E-state index contributed by atoms with van der Waals surface area (Å²) in [4.78, 5) is 0. The van der Waals surface area contributed by atoms with Crippen LogP contribution in [0.4, 0.5) is 8.78 Å². The summed E-state index contributed by atoms with van der Waals surface area (Å²) in [5.74, 6) is 0.501. The van der Waals surface area contributed by atoms with E-state index in [1.165, 1.54) is 0 Å². The fraction of sp³-hybridized carbons (Fsp3) is 0.462. The van der Waals surface area contributed by atoms with Gasteiger partial charge in [0, 0.05) is 11.1 Å². The molecule has 1 saturated carbocycles.